The molecule has 3 aromatic rings. The number of sulfone groups is 1. The number of anilines is 2. The highest BCUT2D eigenvalue weighted by Gasteiger charge is 2.46. The highest BCUT2D eigenvalue weighted by molar-refractivity contribution is 7.90. The van der Waals surface area contributed by atoms with Crippen molar-refractivity contribution in [3.8, 4) is 17.6 Å². The van der Waals surface area contributed by atoms with Gasteiger partial charge in [0.15, 0.2) is 16.1 Å². The molecule has 1 spiro atoms. The maximum absolute atomic E-state index is 13.8. The zero-order valence-electron chi connectivity index (χ0n) is 27.4. The Hall–Kier alpha value is -3.48. The second kappa shape index (κ2) is 14.4. The van der Waals surface area contributed by atoms with Crippen molar-refractivity contribution in [1.82, 2.24) is 9.47 Å². The molecule has 6 rings (SSSR count). The van der Waals surface area contributed by atoms with Crippen LogP contribution in [0.1, 0.15) is 44.2 Å². The summed E-state index contributed by atoms with van der Waals surface area (Å²) in [7, 11) is -3.56. The first-order valence-electron chi connectivity index (χ1n) is 16.6. The minimum Gasteiger partial charge on any atom is -0.486 e. The fraction of sp³-hybridized carbons (Fsp3) is 0.543. The minimum atomic E-state index is -4.46. The molecule has 3 fully saturated rings. The largest absolute Gasteiger partial charge is 0.486 e. The number of benzene rings is 2. The first-order chi connectivity index (χ1) is 23.3. The zero-order valence-corrected chi connectivity index (χ0v) is 28.2. The molecule has 10 nitrogen and oxygen atoms in total. The van der Waals surface area contributed by atoms with Gasteiger partial charge in [-0.05, 0) is 74.8 Å². The predicted molar refractivity (Wildman–Crippen MR) is 180 cm³/mol. The van der Waals surface area contributed by atoms with Crippen molar-refractivity contribution in [1.29, 1.82) is 0 Å². The number of ether oxygens (including phenoxy) is 2. The van der Waals surface area contributed by atoms with Gasteiger partial charge in [0.1, 0.15) is 18.9 Å². The van der Waals surface area contributed by atoms with Gasteiger partial charge in [-0.25, -0.2) is 8.42 Å². The summed E-state index contributed by atoms with van der Waals surface area (Å²) in [4.78, 5) is 2.59. The van der Waals surface area contributed by atoms with Crippen LogP contribution in [0.5, 0.6) is 5.75 Å². The van der Waals surface area contributed by atoms with Gasteiger partial charge in [-0.2, -0.15) is 13.2 Å². The van der Waals surface area contributed by atoms with Crippen molar-refractivity contribution in [2.45, 2.75) is 74.5 Å². The molecule has 2 saturated heterocycles. The zero-order chi connectivity index (χ0) is 34.8. The topological polar surface area (TPSA) is 125 Å². The molecule has 14 heteroatoms. The second-order valence-corrected chi connectivity index (χ2v) is 15.5. The number of alkyl halides is 3. The summed E-state index contributed by atoms with van der Waals surface area (Å²) in [6, 6.07) is 11.9. The van der Waals surface area contributed by atoms with Gasteiger partial charge in [0.25, 0.3) is 0 Å². The lowest BCUT2D eigenvalue weighted by Crippen LogP contribution is -2.62. The van der Waals surface area contributed by atoms with Crippen molar-refractivity contribution in [3.63, 3.8) is 0 Å². The van der Waals surface area contributed by atoms with E-state index in [2.05, 4.69) is 27.4 Å². The maximum Gasteiger partial charge on any atom is 0.406 e. The van der Waals surface area contributed by atoms with E-state index >= 15 is 0 Å². The van der Waals surface area contributed by atoms with E-state index in [1.807, 2.05) is 6.07 Å². The Labute approximate surface area is 284 Å². The number of aliphatic hydroxyl groups excluding tert-OH is 1. The van der Waals surface area contributed by atoms with E-state index < -0.39 is 35.5 Å². The Morgan fingerprint density at radius 3 is 2.47 bits per heavy atom. The number of nitrogens with zero attached hydrogens (tertiary/aromatic N) is 2. The summed E-state index contributed by atoms with van der Waals surface area (Å²) in [5.41, 5.74) is 2.20. The Morgan fingerprint density at radius 1 is 1.06 bits per heavy atom. The number of aliphatic hydroxyl groups is 2. The number of hydrogen-bond acceptors (Lipinski definition) is 9. The van der Waals surface area contributed by atoms with Crippen molar-refractivity contribution in [2.24, 2.45) is 5.41 Å². The van der Waals surface area contributed by atoms with Gasteiger partial charge in [-0.3, -0.25) is 4.90 Å². The van der Waals surface area contributed by atoms with Crippen LogP contribution in [0, 0.1) is 17.3 Å². The third-order valence-corrected chi connectivity index (χ3v) is 10.9. The molecular weight excluding hydrogens is 661 g/mol. The molecule has 1 saturated carbocycles. The monoisotopic (exact) mass is 704 g/mol. The van der Waals surface area contributed by atoms with Crippen LogP contribution in [0.2, 0.25) is 0 Å². The van der Waals surface area contributed by atoms with Gasteiger partial charge in [0, 0.05) is 67.2 Å². The van der Waals surface area contributed by atoms with E-state index in [4.69, 9.17) is 9.47 Å². The molecule has 3 heterocycles. The molecule has 3 aliphatic rings. The number of rotatable bonds is 10. The van der Waals surface area contributed by atoms with E-state index in [1.54, 1.807) is 18.2 Å². The molecule has 2 aromatic carbocycles. The fourth-order valence-electron chi connectivity index (χ4n) is 7.30. The van der Waals surface area contributed by atoms with Gasteiger partial charge in [0.2, 0.25) is 0 Å². The van der Waals surface area contributed by atoms with Gasteiger partial charge in [-0.15, -0.1) is 0 Å². The molecule has 0 amide bonds. The summed E-state index contributed by atoms with van der Waals surface area (Å²) in [5.74, 6) is 5.81. The molecule has 2 aliphatic heterocycles. The number of aromatic nitrogens is 1. The lowest BCUT2D eigenvalue weighted by Gasteiger charge is -2.56. The van der Waals surface area contributed by atoms with Crippen LogP contribution in [0.4, 0.5) is 24.5 Å². The van der Waals surface area contributed by atoms with E-state index in [-0.39, 0.29) is 28.9 Å². The van der Waals surface area contributed by atoms with Gasteiger partial charge < -0.3 is 34.9 Å². The van der Waals surface area contributed by atoms with E-state index in [1.165, 1.54) is 22.8 Å². The van der Waals surface area contributed by atoms with Gasteiger partial charge in [-0.1, -0.05) is 12.0 Å². The molecule has 1 aliphatic carbocycles. The Bertz CT molecular complexity index is 1790. The fourth-order valence-corrected chi connectivity index (χ4v) is 7.94. The number of fused-ring (bicyclic) bond motifs is 1. The smallest absolute Gasteiger partial charge is 0.406 e. The average molecular weight is 705 g/mol. The first-order valence-corrected chi connectivity index (χ1v) is 18.5. The van der Waals surface area contributed by atoms with Gasteiger partial charge in [0.05, 0.1) is 28.3 Å². The van der Waals surface area contributed by atoms with Crippen LogP contribution in [0.15, 0.2) is 47.4 Å². The van der Waals surface area contributed by atoms with Crippen LogP contribution in [0.3, 0.4) is 0 Å². The number of likely N-dealkylation sites (tertiary alicyclic amines) is 1. The summed E-state index contributed by atoms with van der Waals surface area (Å²) >= 11 is 0. The van der Waals surface area contributed by atoms with E-state index in [0.717, 1.165) is 76.8 Å². The first kappa shape index (κ1) is 35.3. The molecule has 1 aromatic heterocycles. The normalized spacial score (nSPS) is 21.3. The quantitative estimate of drug-likeness (QED) is 0.177. The molecule has 4 N–H and O–H groups in total. The van der Waals surface area contributed by atoms with Crippen LogP contribution in [0.25, 0.3) is 10.9 Å². The summed E-state index contributed by atoms with van der Waals surface area (Å²) in [6.07, 6.45) is 1.24. The lowest BCUT2D eigenvalue weighted by molar-refractivity contribution is -0.140. The van der Waals surface area contributed by atoms with Crippen LogP contribution >= 0.6 is 0 Å². The van der Waals surface area contributed by atoms with Crippen molar-refractivity contribution in [3.05, 3.63) is 48.2 Å². The molecule has 0 radical (unpaired) electrons. The predicted octanol–water partition coefficient (Wildman–Crippen LogP) is 4.60. The van der Waals surface area contributed by atoms with Crippen LogP contribution in [-0.4, -0.2) is 98.4 Å². The Balaban J connectivity index is 1.15. The number of nitrogens with one attached hydrogen (secondary N) is 2. The number of halogens is 3. The van der Waals surface area contributed by atoms with Crippen molar-refractivity contribution < 1.29 is 41.3 Å². The Morgan fingerprint density at radius 2 is 1.80 bits per heavy atom. The summed E-state index contributed by atoms with van der Waals surface area (Å²) in [5, 5.41) is 25.7. The summed E-state index contributed by atoms with van der Waals surface area (Å²) in [6.45, 7) is 2.33. The lowest BCUT2D eigenvalue weighted by atomic mass is 9.71. The molecular formula is C35H43F3N4O6S. The highest BCUT2D eigenvalue weighted by Crippen LogP contribution is 2.43. The van der Waals surface area contributed by atoms with Crippen LogP contribution in [-0.2, 0) is 21.1 Å². The third-order valence-electron chi connectivity index (χ3n) is 9.84. The minimum absolute atomic E-state index is 0.00985. The van der Waals surface area contributed by atoms with Crippen molar-refractivity contribution >= 4 is 32.1 Å². The van der Waals surface area contributed by atoms with Crippen LogP contribution < -0.4 is 15.4 Å². The Kier molecular flexibility index (Phi) is 10.4. The number of hydrogen-bond donors (Lipinski definition) is 4. The molecule has 0 unspecified atom stereocenters. The molecule has 0 atom stereocenters. The summed E-state index contributed by atoms with van der Waals surface area (Å²) < 4.78 is 77.4. The van der Waals surface area contributed by atoms with E-state index in [9.17, 15) is 31.8 Å². The van der Waals surface area contributed by atoms with E-state index in [0.29, 0.717) is 28.0 Å². The molecule has 0 bridgehead atoms. The second-order valence-electron chi connectivity index (χ2n) is 13.5. The highest BCUT2D eigenvalue weighted by atomic mass is 32.2. The SMILES string of the molecule is CS(=O)(=O)c1ccc(NCC#Cc2cc3c(NC4CCC(N5CC6(CCOCC6)C5)CC4)cccc3n2CC(F)(F)F)c(OCC(O)O)c1. The van der Waals surface area contributed by atoms with Gasteiger partial charge >= 0.3 is 6.18 Å². The van der Waals surface area contributed by atoms with Crippen molar-refractivity contribution in [2.75, 3.05) is 56.3 Å². The molecule has 49 heavy (non-hydrogen) atoms. The maximum atomic E-state index is 13.8. The standard InChI is InChI=1S/C35H43F3N4O6S/c1-49(45,46)27-11-12-30(32(19-27)48-20-33(43)44)39-15-3-4-26-18-28-29(5-2-6-31(28)42(26)23-35(36,37)38)40-24-7-9-25(10-8-24)41-21-34(22-41)13-16-47-17-14-34/h2,5-6,11-12,18-19,24-25,33,39-40,43-44H,7-10,13-17,20-23H2,1H3. The molecule has 266 valence electrons. The third kappa shape index (κ3) is 8.64. The average Bonchev–Trinajstić information content (AvgIpc) is 3.38.